The van der Waals surface area contributed by atoms with Crippen molar-refractivity contribution in [3.63, 3.8) is 0 Å². The Morgan fingerprint density at radius 1 is 1.03 bits per heavy atom. The molecule has 1 aliphatic rings. The molecule has 1 atom stereocenters. The van der Waals surface area contributed by atoms with Crippen molar-refractivity contribution in [1.82, 2.24) is 15.5 Å². The Kier molecular flexibility index (Phi) is 7.49. The molecule has 1 aliphatic heterocycles. The van der Waals surface area contributed by atoms with Crippen molar-refractivity contribution in [3.05, 3.63) is 65.2 Å². The SMILES string of the molecule is Cc1ccc(C(CNC(=O)NCc2ccc(N(C)C)cc2)N2CCOCC2)cc1. The first-order valence-electron chi connectivity index (χ1n) is 10.2. The fourth-order valence-electron chi connectivity index (χ4n) is 3.48. The minimum atomic E-state index is -0.146. The molecule has 3 rings (SSSR count). The van der Waals surface area contributed by atoms with Crippen LogP contribution in [-0.4, -0.2) is 57.9 Å². The molecule has 0 saturated carbocycles. The van der Waals surface area contributed by atoms with Crippen molar-refractivity contribution < 1.29 is 9.53 Å². The van der Waals surface area contributed by atoms with Gasteiger partial charge in [-0.3, -0.25) is 4.90 Å². The van der Waals surface area contributed by atoms with Crippen LogP contribution in [0.3, 0.4) is 0 Å². The number of nitrogens with zero attached hydrogens (tertiary/aromatic N) is 2. The van der Waals surface area contributed by atoms with Crippen LogP contribution in [0.2, 0.25) is 0 Å². The van der Waals surface area contributed by atoms with Crippen molar-refractivity contribution in [3.8, 4) is 0 Å². The molecule has 2 amide bonds. The van der Waals surface area contributed by atoms with Gasteiger partial charge in [-0.05, 0) is 30.2 Å². The second-order valence-corrected chi connectivity index (χ2v) is 7.70. The summed E-state index contributed by atoms with van der Waals surface area (Å²) >= 11 is 0. The van der Waals surface area contributed by atoms with Gasteiger partial charge < -0.3 is 20.3 Å². The molecule has 2 aromatic rings. The highest BCUT2D eigenvalue weighted by atomic mass is 16.5. The van der Waals surface area contributed by atoms with Gasteiger partial charge in [0.2, 0.25) is 0 Å². The number of amides is 2. The average molecular weight is 397 g/mol. The first-order chi connectivity index (χ1) is 14.0. The maximum atomic E-state index is 12.4. The highest BCUT2D eigenvalue weighted by molar-refractivity contribution is 5.73. The molecule has 6 nitrogen and oxygen atoms in total. The van der Waals surface area contributed by atoms with Gasteiger partial charge in [0.25, 0.3) is 0 Å². The van der Waals surface area contributed by atoms with Crippen molar-refractivity contribution >= 4 is 11.7 Å². The summed E-state index contributed by atoms with van der Waals surface area (Å²) in [7, 11) is 4.03. The van der Waals surface area contributed by atoms with Crippen LogP contribution in [0, 0.1) is 6.92 Å². The van der Waals surface area contributed by atoms with E-state index in [2.05, 4.69) is 63.8 Å². The number of carbonyl (C=O) groups excluding carboxylic acids is 1. The van der Waals surface area contributed by atoms with Crippen LogP contribution in [0.1, 0.15) is 22.7 Å². The van der Waals surface area contributed by atoms with Crippen molar-refractivity contribution in [2.24, 2.45) is 0 Å². The normalized spacial score (nSPS) is 15.6. The number of rotatable bonds is 7. The van der Waals surface area contributed by atoms with Gasteiger partial charge in [0.15, 0.2) is 0 Å². The first-order valence-corrected chi connectivity index (χ1v) is 10.2. The van der Waals surface area contributed by atoms with Gasteiger partial charge in [-0.2, -0.15) is 0 Å². The van der Waals surface area contributed by atoms with Crippen LogP contribution in [0.15, 0.2) is 48.5 Å². The Morgan fingerprint density at radius 2 is 1.69 bits per heavy atom. The molecule has 0 bridgehead atoms. The number of anilines is 1. The predicted octanol–water partition coefficient (Wildman–Crippen LogP) is 2.93. The molecule has 1 saturated heterocycles. The number of nitrogens with one attached hydrogen (secondary N) is 2. The van der Waals surface area contributed by atoms with Crippen LogP contribution in [0.25, 0.3) is 0 Å². The van der Waals surface area contributed by atoms with Crippen LogP contribution >= 0.6 is 0 Å². The molecular weight excluding hydrogens is 364 g/mol. The molecule has 0 spiro atoms. The van der Waals surface area contributed by atoms with Crippen molar-refractivity contribution in [1.29, 1.82) is 0 Å². The summed E-state index contributed by atoms with van der Waals surface area (Å²) in [6.07, 6.45) is 0. The summed E-state index contributed by atoms with van der Waals surface area (Å²) in [4.78, 5) is 16.8. The average Bonchev–Trinajstić information content (AvgIpc) is 2.74. The molecule has 2 aromatic carbocycles. The summed E-state index contributed by atoms with van der Waals surface area (Å²) < 4.78 is 5.50. The molecule has 1 fully saturated rings. The summed E-state index contributed by atoms with van der Waals surface area (Å²) in [5.74, 6) is 0. The van der Waals surface area contributed by atoms with Gasteiger partial charge in [-0.1, -0.05) is 42.0 Å². The molecule has 1 unspecified atom stereocenters. The van der Waals surface area contributed by atoms with E-state index >= 15 is 0 Å². The number of aryl methyl sites for hydroxylation is 1. The third-order valence-electron chi connectivity index (χ3n) is 5.31. The molecule has 156 valence electrons. The summed E-state index contributed by atoms with van der Waals surface area (Å²) in [5.41, 5.74) is 4.68. The lowest BCUT2D eigenvalue weighted by Crippen LogP contribution is -2.45. The molecule has 0 radical (unpaired) electrons. The Labute approximate surface area is 173 Å². The van der Waals surface area contributed by atoms with E-state index < -0.39 is 0 Å². The monoisotopic (exact) mass is 396 g/mol. The Balaban J connectivity index is 1.55. The lowest BCUT2D eigenvalue weighted by atomic mass is 10.0. The van der Waals surface area contributed by atoms with E-state index in [1.54, 1.807) is 0 Å². The summed E-state index contributed by atoms with van der Waals surface area (Å²) in [5, 5.41) is 6.01. The number of morpholine rings is 1. The summed E-state index contributed by atoms with van der Waals surface area (Å²) in [6, 6.07) is 16.7. The number of carbonyl (C=O) groups is 1. The third-order valence-corrected chi connectivity index (χ3v) is 5.31. The number of hydrogen-bond acceptors (Lipinski definition) is 4. The minimum Gasteiger partial charge on any atom is -0.379 e. The van der Waals surface area contributed by atoms with E-state index in [0.29, 0.717) is 13.1 Å². The Bertz CT molecular complexity index is 768. The van der Waals surface area contributed by atoms with E-state index in [1.165, 1.54) is 11.1 Å². The molecule has 2 N–H and O–H groups in total. The Hall–Kier alpha value is -2.57. The molecule has 0 aliphatic carbocycles. The number of urea groups is 1. The second kappa shape index (κ2) is 10.3. The molecule has 1 heterocycles. The van der Waals surface area contributed by atoms with Gasteiger partial charge in [0.1, 0.15) is 0 Å². The largest absolute Gasteiger partial charge is 0.379 e. The summed E-state index contributed by atoms with van der Waals surface area (Å²) in [6.45, 7) is 6.38. The van der Waals surface area contributed by atoms with E-state index in [9.17, 15) is 4.79 Å². The Morgan fingerprint density at radius 3 is 2.31 bits per heavy atom. The standard InChI is InChI=1S/C23H32N4O2/c1-18-4-8-20(9-5-18)22(27-12-14-29-15-13-27)17-25-23(28)24-16-19-6-10-21(11-7-19)26(2)3/h4-11,22H,12-17H2,1-3H3,(H2,24,25,28). The fourth-order valence-corrected chi connectivity index (χ4v) is 3.48. The number of ether oxygens (including phenoxy) is 1. The van der Waals surface area contributed by atoms with E-state index in [-0.39, 0.29) is 12.1 Å². The van der Waals surface area contributed by atoms with E-state index in [0.717, 1.165) is 37.6 Å². The highest BCUT2D eigenvalue weighted by Crippen LogP contribution is 2.21. The number of hydrogen-bond donors (Lipinski definition) is 2. The topological polar surface area (TPSA) is 56.8 Å². The third kappa shape index (κ3) is 6.21. The predicted molar refractivity (Wildman–Crippen MR) is 117 cm³/mol. The van der Waals surface area contributed by atoms with Crippen LogP contribution in [-0.2, 0) is 11.3 Å². The lowest BCUT2D eigenvalue weighted by Gasteiger charge is -2.35. The first kappa shape index (κ1) is 21.1. The smallest absolute Gasteiger partial charge is 0.315 e. The quantitative estimate of drug-likeness (QED) is 0.756. The zero-order chi connectivity index (χ0) is 20.6. The van der Waals surface area contributed by atoms with Gasteiger partial charge >= 0.3 is 6.03 Å². The minimum absolute atomic E-state index is 0.143. The van der Waals surface area contributed by atoms with E-state index in [1.807, 2.05) is 26.2 Å². The van der Waals surface area contributed by atoms with Gasteiger partial charge in [0, 0.05) is 46.0 Å². The molecule has 29 heavy (non-hydrogen) atoms. The molecule has 6 heteroatoms. The fraction of sp³-hybridized carbons (Fsp3) is 0.435. The molecular formula is C23H32N4O2. The highest BCUT2D eigenvalue weighted by Gasteiger charge is 2.23. The van der Waals surface area contributed by atoms with Gasteiger partial charge in [-0.25, -0.2) is 4.79 Å². The second-order valence-electron chi connectivity index (χ2n) is 7.70. The van der Waals surface area contributed by atoms with Crippen LogP contribution in [0.5, 0.6) is 0 Å². The zero-order valence-electron chi connectivity index (χ0n) is 17.6. The van der Waals surface area contributed by atoms with Gasteiger partial charge in [-0.15, -0.1) is 0 Å². The zero-order valence-corrected chi connectivity index (χ0v) is 17.6. The van der Waals surface area contributed by atoms with Gasteiger partial charge in [0.05, 0.1) is 19.3 Å². The van der Waals surface area contributed by atoms with Crippen LogP contribution < -0.4 is 15.5 Å². The number of benzene rings is 2. The van der Waals surface area contributed by atoms with E-state index in [4.69, 9.17) is 4.74 Å². The van der Waals surface area contributed by atoms with Crippen molar-refractivity contribution in [2.45, 2.75) is 19.5 Å². The maximum Gasteiger partial charge on any atom is 0.315 e. The van der Waals surface area contributed by atoms with Crippen LogP contribution in [0.4, 0.5) is 10.5 Å². The maximum absolute atomic E-state index is 12.4. The van der Waals surface area contributed by atoms with Crippen molar-refractivity contribution in [2.75, 3.05) is 51.8 Å². The molecule has 0 aromatic heterocycles. The lowest BCUT2D eigenvalue weighted by molar-refractivity contribution is 0.0167.